The number of carbonyl (C=O) groups excluding carboxylic acids is 1. The monoisotopic (exact) mass is 409 g/mol. The van der Waals surface area contributed by atoms with Gasteiger partial charge in [-0.15, -0.1) is 0 Å². The molecular weight excluding hydrogens is 397 g/mol. The maximum Gasteiger partial charge on any atom is 0.514 e. The summed E-state index contributed by atoms with van der Waals surface area (Å²) in [6, 6.07) is 8.45. The molecule has 0 aliphatic heterocycles. The van der Waals surface area contributed by atoms with E-state index in [1.54, 1.807) is 30.0 Å². The van der Waals surface area contributed by atoms with Gasteiger partial charge in [0.05, 0.1) is 38.9 Å². The molecule has 1 atom stereocenters. The van der Waals surface area contributed by atoms with E-state index in [2.05, 4.69) is 4.98 Å². The lowest BCUT2D eigenvalue weighted by Gasteiger charge is -2.14. The van der Waals surface area contributed by atoms with E-state index in [4.69, 9.17) is 32.7 Å². The van der Waals surface area contributed by atoms with Gasteiger partial charge in [-0.25, -0.2) is 9.78 Å². The number of aromatic nitrogens is 2. The molecule has 0 saturated heterocycles. The predicted octanol–water partition coefficient (Wildman–Crippen LogP) is 4.86. The fourth-order valence-corrected chi connectivity index (χ4v) is 2.75. The third-order valence-electron chi connectivity index (χ3n) is 3.66. The number of rotatable bonds is 5. The number of ether oxygens (including phenoxy) is 2. The molecule has 0 N–H and O–H groups in total. The summed E-state index contributed by atoms with van der Waals surface area (Å²) in [4.78, 5) is 26.2. The number of benzene rings is 2. The summed E-state index contributed by atoms with van der Waals surface area (Å²) in [5, 5.41) is 11.4. The Morgan fingerprint density at radius 2 is 1.93 bits per heavy atom. The van der Waals surface area contributed by atoms with Crippen molar-refractivity contribution in [3.05, 3.63) is 62.9 Å². The van der Waals surface area contributed by atoms with Gasteiger partial charge >= 0.3 is 6.16 Å². The van der Waals surface area contributed by atoms with E-state index in [0.29, 0.717) is 22.1 Å². The molecule has 8 nitrogen and oxygen atoms in total. The Hall–Kier alpha value is -2.84. The summed E-state index contributed by atoms with van der Waals surface area (Å²) in [7, 11) is 0. The molecule has 0 aliphatic rings. The van der Waals surface area contributed by atoms with Gasteiger partial charge in [-0.05, 0) is 31.2 Å². The number of nitro benzene ring substituents is 1. The lowest BCUT2D eigenvalue weighted by atomic mass is 10.3. The van der Waals surface area contributed by atoms with Gasteiger partial charge in [0.2, 0.25) is 0 Å². The van der Waals surface area contributed by atoms with E-state index >= 15 is 0 Å². The van der Waals surface area contributed by atoms with E-state index in [-0.39, 0.29) is 11.4 Å². The van der Waals surface area contributed by atoms with Crippen molar-refractivity contribution in [1.29, 1.82) is 0 Å². The highest BCUT2D eigenvalue weighted by Gasteiger charge is 2.15. The van der Waals surface area contributed by atoms with Gasteiger partial charge in [-0.2, -0.15) is 0 Å². The smallest absolute Gasteiger partial charge is 0.429 e. The third kappa shape index (κ3) is 4.47. The minimum Gasteiger partial charge on any atom is -0.429 e. The van der Waals surface area contributed by atoms with Gasteiger partial charge in [0.25, 0.3) is 5.69 Å². The molecule has 27 heavy (non-hydrogen) atoms. The zero-order valence-corrected chi connectivity index (χ0v) is 15.5. The molecule has 3 aromatic rings. The van der Waals surface area contributed by atoms with Gasteiger partial charge in [-0.1, -0.05) is 23.2 Å². The lowest BCUT2D eigenvalue weighted by molar-refractivity contribution is -0.384. The van der Waals surface area contributed by atoms with Gasteiger partial charge in [0.15, 0.2) is 0 Å². The van der Waals surface area contributed by atoms with Crippen LogP contribution in [-0.4, -0.2) is 26.7 Å². The van der Waals surface area contributed by atoms with Crippen LogP contribution in [0.1, 0.15) is 6.92 Å². The number of carbonyl (C=O) groups is 1. The molecule has 1 aromatic heterocycles. The highest BCUT2D eigenvalue weighted by molar-refractivity contribution is 6.42. The number of hydrogen-bond acceptors (Lipinski definition) is 6. The first kappa shape index (κ1) is 18.9. The van der Waals surface area contributed by atoms with Crippen LogP contribution in [0.25, 0.3) is 11.0 Å². The molecular formula is C17H13Cl2N3O5. The molecule has 0 amide bonds. The molecule has 0 aliphatic carbocycles. The van der Waals surface area contributed by atoms with Crippen molar-refractivity contribution >= 4 is 46.1 Å². The standard InChI is InChI=1S/C17H13Cl2N3O5/c1-10(8-21-9-20-15-6-13(18)14(19)7-16(15)21)26-17(23)27-12-4-2-11(3-5-12)22(24)25/h2-7,9-10H,8H2,1H3. The zero-order valence-electron chi connectivity index (χ0n) is 14.0. The first-order chi connectivity index (χ1) is 12.8. The van der Waals surface area contributed by atoms with Gasteiger partial charge in [0.1, 0.15) is 11.9 Å². The molecule has 0 spiro atoms. The van der Waals surface area contributed by atoms with E-state index in [1.165, 1.54) is 24.3 Å². The third-order valence-corrected chi connectivity index (χ3v) is 4.39. The van der Waals surface area contributed by atoms with Crippen molar-refractivity contribution < 1.29 is 19.2 Å². The molecule has 0 bridgehead atoms. The Balaban J connectivity index is 1.62. The molecule has 0 fully saturated rings. The fraction of sp³-hybridized carbons (Fsp3) is 0.176. The SMILES string of the molecule is CC(Cn1cnc2cc(Cl)c(Cl)cc21)OC(=O)Oc1ccc([N+](=O)[O-])cc1. The van der Waals surface area contributed by atoms with Crippen LogP contribution >= 0.6 is 23.2 Å². The Morgan fingerprint density at radius 1 is 1.26 bits per heavy atom. The summed E-state index contributed by atoms with van der Waals surface area (Å²) < 4.78 is 12.0. The first-order valence-electron chi connectivity index (χ1n) is 7.76. The first-order valence-corrected chi connectivity index (χ1v) is 8.52. The minimum absolute atomic E-state index is 0.102. The Morgan fingerprint density at radius 3 is 2.59 bits per heavy atom. The van der Waals surface area contributed by atoms with Crippen LogP contribution in [0.2, 0.25) is 10.0 Å². The van der Waals surface area contributed by atoms with Crippen molar-refractivity contribution in [1.82, 2.24) is 9.55 Å². The zero-order chi connectivity index (χ0) is 19.6. The van der Waals surface area contributed by atoms with E-state index in [9.17, 15) is 14.9 Å². The van der Waals surface area contributed by atoms with Crippen molar-refractivity contribution in [2.45, 2.75) is 19.6 Å². The number of nitrogens with zero attached hydrogens (tertiary/aromatic N) is 3. The maximum absolute atomic E-state index is 11.9. The number of fused-ring (bicyclic) bond motifs is 1. The largest absolute Gasteiger partial charge is 0.514 e. The van der Waals surface area contributed by atoms with Crippen LogP contribution in [0.5, 0.6) is 5.75 Å². The molecule has 0 radical (unpaired) electrons. The summed E-state index contributed by atoms with van der Waals surface area (Å²) in [5.41, 5.74) is 1.32. The van der Waals surface area contributed by atoms with Crippen LogP contribution in [0.3, 0.4) is 0 Å². The normalized spacial score (nSPS) is 12.0. The van der Waals surface area contributed by atoms with Crippen molar-refractivity contribution in [2.75, 3.05) is 0 Å². The molecule has 2 aromatic carbocycles. The number of non-ortho nitro benzene ring substituents is 1. The van der Waals surface area contributed by atoms with Gasteiger partial charge in [-0.3, -0.25) is 10.1 Å². The summed E-state index contributed by atoms with van der Waals surface area (Å²) in [6.45, 7) is 2.02. The number of nitro groups is 1. The predicted molar refractivity (Wildman–Crippen MR) is 99.4 cm³/mol. The van der Waals surface area contributed by atoms with Crippen molar-refractivity contribution in [2.24, 2.45) is 0 Å². The number of halogens is 2. The van der Waals surface area contributed by atoms with Gasteiger partial charge in [0, 0.05) is 12.1 Å². The van der Waals surface area contributed by atoms with Crippen molar-refractivity contribution in [3.8, 4) is 5.75 Å². The second-order valence-electron chi connectivity index (χ2n) is 5.68. The molecule has 10 heteroatoms. The molecule has 3 rings (SSSR count). The van der Waals surface area contributed by atoms with E-state index in [0.717, 1.165) is 5.52 Å². The summed E-state index contributed by atoms with van der Waals surface area (Å²) >= 11 is 12.0. The Labute approximate surface area is 163 Å². The fourth-order valence-electron chi connectivity index (χ4n) is 2.43. The second-order valence-corrected chi connectivity index (χ2v) is 6.50. The Kier molecular flexibility index (Phi) is 5.48. The summed E-state index contributed by atoms with van der Waals surface area (Å²) in [6.07, 6.45) is 0.156. The molecule has 0 saturated carbocycles. The van der Waals surface area contributed by atoms with Crippen LogP contribution < -0.4 is 4.74 Å². The summed E-state index contributed by atoms with van der Waals surface area (Å²) in [5.74, 6) is 0.146. The number of imidazole rings is 1. The lowest BCUT2D eigenvalue weighted by Crippen LogP contribution is -2.22. The van der Waals surface area contributed by atoms with Crippen LogP contribution in [0.4, 0.5) is 10.5 Å². The average Bonchev–Trinajstić information content (AvgIpc) is 2.97. The Bertz CT molecular complexity index is 1000. The quantitative estimate of drug-likeness (QED) is 0.258. The van der Waals surface area contributed by atoms with Crippen LogP contribution in [-0.2, 0) is 11.3 Å². The molecule has 1 heterocycles. The van der Waals surface area contributed by atoms with E-state index in [1.807, 2.05) is 0 Å². The highest BCUT2D eigenvalue weighted by atomic mass is 35.5. The highest BCUT2D eigenvalue weighted by Crippen LogP contribution is 2.27. The molecule has 140 valence electrons. The second kappa shape index (κ2) is 7.81. The average molecular weight is 410 g/mol. The van der Waals surface area contributed by atoms with Crippen molar-refractivity contribution in [3.63, 3.8) is 0 Å². The minimum atomic E-state index is -0.915. The van der Waals surface area contributed by atoms with Gasteiger partial charge < -0.3 is 14.0 Å². The maximum atomic E-state index is 11.9. The topological polar surface area (TPSA) is 96.5 Å². The van der Waals surface area contributed by atoms with Crippen LogP contribution in [0.15, 0.2) is 42.7 Å². The van der Waals surface area contributed by atoms with Crippen LogP contribution in [0, 0.1) is 10.1 Å². The molecule has 1 unspecified atom stereocenters. The number of hydrogen-bond donors (Lipinski definition) is 0. The van der Waals surface area contributed by atoms with E-state index < -0.39 is 17.2 Å².